The lowest BCUT2D eigenvalue weighted by molar-refractivity contribution is -0.929. The zero-order valence-corrected chi connectivity index (χ0v) is 33.1. The minimum absolute atomic E-state index is 0. The van der Waals surface area contributed by atoms with E-state index < -0.39 is 0 Å². The molecule has 0 rings (SSSR count). The van der Waals surface area contributed by atoms with E-state index in [2.05, 4.69) is 55.4 Å². The van der Waals surface area contributed by atoms with Crippen LogP contribution in [0.15, 0.2) is 0 Å². The molecule has 44 heavy (non-hydrogen) atoms. The van der Waals surface area contributed by atoms with E-state index in [-0.39, 0.29) is 17.9 Å². The molecule has 0 bridgehead atoms. The molecule has 0 aromatic heterocycles. The molecule has 0 spiro atoms. The van der Waals surface area contributed by atoms with Gasteiger partial charge in [0.2, 0.25) is 0 Å². The summed E-state index contributed by atoms with van der Waals surface area (Å²) in [7, 11) is 0. The van der Waals surface area contributed by atoms with E-state index >= 15 is 0 Å². The average molecular weight is 650 g/mol. The maximum atomic E-state index is 2.33. The summed E-state index contributed by atoms with van der Waals surface area (Å²) in [6, 6.07) is 0. The fourth-order valence-corrected chi connectivity index (χ4v) is 6.92. The smallest absolute Gasteiger partial charge is 0.0786 e. The minimum atomic E-state index is 0. The highest BCUT2D eigenvalue weighted by Gasteiger charge is 2.26. The highest BCUT2D eigenvalue weighted by Crippen LogP contribution is 2.20. The van der Waals surface area contributed by atoms with E-state index in [4.69, 9.17) is 0 Å². The van der Waals surface area contributed by atoms with Gasteiger partial charge in [-0.25, -0.2) is 0 Å². The van der Waals surface area contributed by atoms with Crippen molar-refractivity contribution in [2.75, 3.05) is 52.4 Å². The topological polar surface area (TPSA) is 30.0 Å². The summed E-state index contributed by atoms with van der Waals surface area (Å²) < 4.78 is 2.89. The van der Waals surface area contributed by atoms with Crippen molar-refractivity contribution in [2.45, 2.75) is 209 Å². The molecule has 0 saturated carbocycles. The van der Waals surface area contributed by atoms with Crippen LogP contribution in [0, 0.1) is 0 Å². The molecule has 272 valence electrons. The molecular weight excluding hydrogens is 560 g/mol. The Labute approximate surface area is 288 Å². The molecule has 4 heteroatoms. The van der Waals surface area contributed by atoms with Crippen LogP contribution < -0.4 is 12.4 Å². The summed E-state index contributed by atoms with van der Waals surface area (Å²) in [5, 5.41) is 0. The van der Waals surface area contributed by atoms with Gasteiger partial charge in [-0.1, -0.05) is 107 Å². The summed E-state index contributed by atoms with van der Waals surface area (Å²) in [5.74, 6) is 0. The molecule has 0 aromatic carbocycles. The van der Waals surface area contributed by atoms with Crippen molar-refractivity contribution in [3.63, 3.8) is 0 Å². The number of halogens is 1. The van der Waals surface area contributed by atoms with Gasteiger partial charge in [0.15, 0.2) is 0 Å². The van der Waals surface area contributed by atoms with Gasteiger partial charge in [0.1, 0.15) is 0 Å². The zero-order chi connectivity index (χ0) is 31.6. The van der Waals surface area contributed by atoms with Crippen molar-refractivity contribution < 1.29 is 26.8 Å². The van der Waals surface area contributed by atoms with Crippen molar-refractivity contribution in [1.82, 2.24) is 0 Å². The van der Waals surface area contributed by atoms with Gasteiger partial charge in [-0.15, -0.1) is 0 Å². The van der Waals surface area contributed by atoms with E-state index in [1.54, 1.807) is 0 Å². The molecule has 0 heterocycles. The van der Waals surface area contributed by atoms with Crippen LogP contribution in [0.3, 0.4) is 0 Å². The first-order valence-corrected chi connectivity index (χ1v) is 20.2. The second-order valence-electron chi connectivity index (χ2n) is 14.1. The van der Waals surface area contributed by atoms with E-state index in [1.165, 1.54) is 215 Å². The first-order chi connectivity index (χ1) is 20.5. The van der Waals surface area contributed by atoms with Crippen LogP contribution in [-0.4, -0.2) is 66.8 Å². The Kier molecular flexibility index (Phi) is 45.6. The number of hydrogen-bond acceptors (Lipinski definition) is 1. The van der Waals surface area contributed by atoms with E-state index in [0.717, 1.165) is 0 Å². The van der Waals surface area contributed by atoms with Crippen LogP contribution in [0.4, 0.5) is 0 Å². The van der Waals surface area contributed by atoms with Crippen molar-refractivity contribution >= 4 is 0 Å². The summed E-state index contributed by atoms with van der Waals surface area (Å²) in [4.78, 5) is 0. The third-order valence-electron chi connectivity index (χ3n) is 9.89. The number of hydrogen-bond donors (Lipinski definition) is 0. The van der Waals surface area contributed by atoms with Crippen LogP contribution in [0.2, 0.25) is 0 Å². The summed E-state index contributed by atoms with van der Waals surface area (Å²) in [6.45, 7) is 30.3. The lowest BCUT2D eigenvalue weighted by Gasteiger charge is -2.39. The Morgan fingerprint density at radius 2 is 0.341 bits per heavy atom. The molecule has 0 fully saturated rings. The Balaban J connectivity index is -0.000000348. The number of quaternary nitrogens is 2. The van der Waals surface area contributed by atoms with E-state index in [0.29, 0.717) is 0 Å². The lowest BCUT2D eigenvalue weighted by Crippen LogP contribution is -3.00. The maximum Gasteiger partial charge on any atom is 0.0786 e. The number of rotatable bonds is 32. The Bertz CT molecular complexity index is 367. The molecule has 0 aromatic rings. The predicted molar refractivity (Wildman–Crippen MR) is 198 cm³/mol. The molecule has 0 aliphatic rings. The average Bonchev–Trinajstić information content (AvgIpc) is 2.98. The van der Waals surface area contributed by atoms with E-state index in [9.17, 15) is 0 Å². The SMILES string of the molecule is CCCCC[N+](CCCCC)(CCCCC)CCCCC.CCCCC[N+](CCCCC)(CCCCC)CCCCC.[Cl-].[OH-]. The third-order valence-corrected chi connectivity index (χ3v) is 9.89. The molecule has 0 atom stereocenters. The van der Waals surface area contributed by atoms with Gasteiger partial charge in [-0.3, -0.25) is 0 Å². The molecule has 0 aliphatic carbocycles. The Morgan fingerprint density at radius 1 is 0.227 bits per heavy atom. The molecule has 0 saturated heterocycles. The van der Waals surface area contributed by atoms with Crippen LogP contribution in [0.5, 0.6) is 0 Å². The van der Waals surface area contributed by atoms with Crippen molar-refractivity contribution in [3.8, 4) is 0 Å². The standard InChI is InChI=1S/2C20H44N.ClH.H2O/c2*1-5-9-13-17-21(18-14-10-6-2,19-15-11-7-3)20-16-12-8-4;;/h2*5-20H2,1-4H3;1H;1H2/q2*+1;;/p-2. The Hall–Kier alpha value is 0.170. The first kappa shape index (κ1) is 51.0. The van der Waals surface area contributed by atoms with E-state index in [1.807, 2.05) is 0 Å². The van der Waals surface area contributed by atoms with Crippen molar-refractivity contribution in [3.05, 3.63) is 0 Å². The van der Waals surface area contributed by atoms with Crippen LogP contribution >= 0.6 is 0 Å². The number of unbranched alkanes of at least 4 members (excludes halogenated alkanes) is 16. The molecule has 0 unspecified atom stereocenters. The fraction of sp³-hybridized carbons (Fsp3) is 1.00. The largest absolute Gasteiger partial charge is 1.00 e. The highest BCUT2D eigenvalue weighted by molar-refractivity contribution is 4.53. The van der Waals surface area contributed by atoms with Gasteiger partial charge in [-0.05, 0) is 103 Å². The Morgan fingerprint density at radius 3 is 0.432 bits per heavy atom. The predicted octanol–water partition coefficient (Wildman–Crippen LogP) is 9.96. The van der Waals surface area contributed by atoms with Gasteiger partial charge in [-0.2, -0.15) is 0 Å². The van der Waals surface area contributed by atoms with Crippen molar-refractivity contribution in [2.24, 2.45) is 0 Å². The lowest BCUT2D eigenvalue weighted by atomic mass is 10.1. The summed E-state index contributed by atoms with van der Waals surface area (Å²) in [5.41, 5.74) is 0. The number of nitrogens with zero attached hydrogens (tertiary/aromatic N) is 2. The van der Waals surface area contributed by atoms with Crippen molar-refractivity contribution in [1.29, 1.82) is 0 Å². The summed E-state index contributed by atoms with van der Waals surface area (Å²) in [6.07, 6.45) is 33.8. The summed E-state index contributed by atoms with van der Waals surface area (Å²) >= 11 is 0. The monoisotopic (exact) mass is 649 g/mol. The fourth-order valence-electron chi connectivity index (χ4n) is 6.92. The first-order valence-electron chi connectivity index (χ1n) is 20.2. The molecule has 1 N–H and O–H groups in total. The quantitative estimate of drug-likeness (QED) is 0.0527. The second kappa shape index (κ2) is 39.3. The minimum Gasteiger partial charge on any atom is -1.00 e. The zero-order valence-electron chi connectivity index (χ0n) is 32.3. The normalized spacial score (nSPS) is 11.5. The molecule has 0 radical (unpaired) electrons. The van der Waals surface area contributed by atoms with Gasteiger partial charge in [0.25, 0.3) is 0 Å². The van der Waals surface area contributed by atoms with Gasteiger partial charge in [0.05, 0.1) is 52.4 Å². The molecule has 0 aliphatic heterocycles. The third kappa shape index (κ3) is 30.8. The van der Waals surface area contributed by atoms with Crippen LogP contribution in [0.25, 0.3) is 0 Å². The second-order valence-corrected chi connectivity index (χ2v) is 14.1. The van der Waals surface area contributed by atoms with Gasteiger partial charge >= 0.3 is 0 Å². The highest BCUT2D eigenvalue weighted by atomic mass is 35.5. The van der Waals surface area contributed by atoms with Crippen LogP contribution in [-0.2, 0) is 0 Å². The van der Waals surface area contributed by atoms with Crippen LogP contribution in [0.1, 0.15) is 209 Å². The maximum absolute atomic E-state index is 2.33. The molecule has 3 nitrogen and oxygen atoms in total. The molecule has 0 amide bonds. The molecular formula is C40H89ClN2O. The van der Waals surface area contributed by atoms with Gasteiger partial charge < -0.3 is 26.8 Å². The van der Waals surface area contributed by atoms with Gasteiger partial charge in [0, 0.05) is 0 Å².